The Hall–Kier alpha value is -2.64. The van der Waals surface area contributed by atoms with E-state index in [1.807, 2.05) is 35.4 Å². The van der Waals surface area contributed by atoms with Crippen LogP contribution < -0.4 is 10.6 Å². The van der Waals surface area contributed by atoms with Gasteiger partial charge in [0.05, 0.1) is 16.7 Å². The number of aromatic amines is 1. The molecule has 5 heterocycles. The molecule has 1 aromatic carbocycles. The first-order valence-electron chi connectivity index (χ1n) is 10.7. The highest BCUT2D eigenvalue weighted by molar-refractivity contribution is 6.38. The van der Waals surface area contributed by atoms with E-state index in [1.54, 1.807) is 0 Å². The van der Waals surface area contributed by atoms with Crippen molar-refractivity contribution in [2.45, 2.75) is 57.3 Å². The van der Waals surface area contributed by atoms with E-state index in [9.17, 15) is 0 Å². The zero-order chi connectivity index (χ0) is 20.4. The van der Waals surface area contributed by atoms with Crippen molar-refractivity contribution in [3.63, 3.8) is 0 Å². The topological polar surface area (TPSA) is 88.7 Å². The van der Waals surface area contributed by atoms with Gasteiger partial charge < -0.3 is 15.6 Å². The summed E-state index contributed by atoms with van der Waals surface area (Å²) in [5.41, 5.74) is 10.7. The molecule has 3 N–H and O–H groups in total. The molecule has 2 aliphatic heterocycles. The number of anilines is 1. The number of piperidine rings is 1. The lowest BCUT2D eigenvalue weighted by atomic mass is 9.98. The lowest BCUT2D eigenvalue weighted by molar-refractivity contribution is 0.412. The third kappa shape index (κ3) is 2.65. The molecule has 4 aromatic rings. The highest BCUT2D eigenvalue weighted by atomic mass is 35.5. The number of H-pyrrole nitrogens is 1. The summed E-state index contributed by atoms with van der Waals surface area (Å²) in [4.78, 5) is 15.5. The average Bonchev–Trinajstić information content (AvgIpc) is 3.42. The summed E-state index contributed by atoms with van der Waals surface area (Å²) in [5, 5.41) is 6.20. The smallest absolute Gasteiger partial charge is 0.159 e. The van der Waals surface area contributed by atoms with Crippen molar-refractivity contribution in [1.29, 1.82) is 0 Å². The molecule has 0 saturated carbocycles. The molecule has 2 fully saturated rings. The Morgan fingerprint density at radius 1 is 1.20 bits per heavy atom. The fourth-order valence-corrected chi connectivity index (χ4v) is 5.60. The lowest BCUT2D eigenvalue weighted by Gasteiger charge is -2.38. The predicted molar refractivity (Wildman–Crippen MR) is 120 cm³/mol. The van der Waals surface area contributed by atoms with E-state index in [0.717, 1.165) is 58.4 Å². The molecule has 3 aromatic heterocycles. The molecule has 154 valence electrons. The largest absolute Gasteiger partial charge is 0.349 e. The minimum absolute atomic E-state index is 0.307. The monoisotopic (exact) mass is 421 g/mol. The number of hydrogen-bond donors (Lipinski definition) is 2. The Balaban J connectivity index is 1.41. The van der Waals surface area contributed by atoms with Gasteiger partial charge in [0.15, 0.2) is 5.65 Å². The maximum Gasteiger partial charge on any atom is 0.159 e. The zero-order valence-electron chi connectivity index (χ0n) is 16.8. The van der Waals surface area contributed by atoms with Gasteiger partial charge in [0.1, 0.15) is 11.3 Å². The summed E-state index contributed by atoms with van der Waals surface area (Å²) < 4.78 is 1.90. The highest BCUT2D eigenvalue weighted by Gasteiger charge is 2.40. The number of aromatic nitrogens is 5. The van der Waals surface area contributed by atoms with Crippen LogP contribution in [0.4, 0.5) is 5.82 Å². The van der Waals surface area contributed by atoms with Gasteiger partial charge >= 0.3 is 0 Å². The van der Waals surface area contributed by atoms with Crippen LogP contribution in [-0.4, -0.2) is 42.9 Å². The molecule has 0 radical (unpaired) electrons. The number of fused-ring (bicyclic) bond motifs is 4. The zero-order valence-corrected chi connectivity index (χ0v) is 17.6. The minimum Gasteiger partial charge on any atom is -0.349 e. The number of hydrogen-bond acceptors (Lipinski definition) is 5. The first-order valence-corrected chi connectivity index (χ1v) is 11.0. The third-order valence-electron chi connectivity index (χ3n) is 6.69. The van der Waals surface area contributed by atoms with Gasteiger partial charge in [-0.05, 0) is 38.7 Å². The molecule has 0 amide bonds. The van der Waals surface area contributed by atoms with Gasteiger partial charge in [-0.25, -0.2) is 9.97 Å². The molecule has 3 atom stereocenters. The van der Waals surface area contributed by atoms with Gasteiger partial charge in [-0.3, -0.25) is 4.68 Å². The number of halogens is 1. The van der Waals surface area contributed by atoms with Gasteiger partial charge in [-0.1, -0.05) is 17.7 Å². The lowest BCUT2D eigenvalue weighted by Crippen LogP contribution is -2.47. The maximum atomic E-state index is 6.78. The SMILES string of the molecule is CCn1cc2c(Cl)c(-c3c[nH]c4nc(N5[C@@H]6CC[C@H]5CC(N)C6)cnc34)ccc2n1. The number of nitrogens with zero attached hydrogens (tertiary/aromatic N) is 5. The molecule has 6 rings (SSSR count). The molecule has 1 unspecified atom stereocenters. The predicted octanol–water partition coefficient (Wildman–Crippen LogP) is 4.11. The van der Waals surface area contributed by atoms with Crippen LogP contribution in [0.3, 0.4) is 0 Å². The van der Waals surface area contributed by atoms with Gasteiger partial charge in [-0.2, -0.15) is 5.10 Å². The summed E-state index contributed by atoms with van der Waals surface area (Å²) in [6.45, 7) is 2.88. The van der Waals surface area contributed by atoms with Crippen LogP contribution in [0.1, 0.15) is 32.6 Å². The van der Waals surface area contributed by atoms with Gasteiger partial charge in [0.2, 0.25) is 0 Å². The van der Waals surface area contributed by atoms with Gasteiger partial charge in [0, 0.05) is 53.6 Å². The Morgan fingerprint density at radius 3 is 2.77 bits per heavy atom. The second kappa shape index (κ2) is 6.68. The van der Waals surface area contributed by atoms with Crippen LogP contribution in [0.5, 0.6) is 0 Å². The average molecular weight is 422 g/mol. The molecule has 2 aliphatic rings. The van der Waals surface area contributed by atoms with E-state index in [2.05, 4.69) is 21.9 Å². The molecule has 30 heavy (non-hydrogen) atoms. The first kappa shape index (κ1) is 18.2. The number of nitrogens with two attached hydrogens (primary N) is 1. The number of nitrogens with one attached hydrogen (secondary N) is 1. The highest BCUT2D eigenvalue weighted by Crippen LogP contribution is 2.40. The Morgan fingerprint density at radius 2 is 2.00 bits per heavy atom. The Bertz CT molecular complexity index is 1250. The number of rotatable bonds is 3. The molecular weight excluding hydrogens is 398 g/mol. The van der Waals surface area contributed by atoms with Crippen molar-refractivity contribution in [2.24, 2.45) is 5.73 Å². The fraction of sp³-hybridized carbons (Fsp3) is 0.409. The van der Waals surface area contributed by atoms with Crippen LogP contribution in [0.15, 0.2) is 30.7 Å². The molecule has 7 nitrogen and oxygen atoms in total. The molecule has 0 spiro atoms. The van der Waals surface area contributed by atoms with E-state index < -0.39 is 0 Å². The summed E-state index contributed by atoms with van der Waals surface area (Å²) >= 11 is 6.78. The molecule has 2 saturated heterocycles. The second-order valence-corrected chi connectivity index (χ2v) is 8.87. The van der Waals surface area contributed by atoms with Crippen molar-refractivity contribution in [3.05, 3.63) is 35.7 Å². The Labute approximate surface area is 179 Å². The summed E-state index contributed by atoms with van der Waals surface area (Å²) in [7, 11) is 0. The summed E-state index contributed by atoms with van der Waals surface area (Å²) in [6, 6.07) is 5.29. The van der Waals surface area contributed by atoms with Crippen molar-refractivity contribution in [1.82, 2.24) is 24.7 Å². The standard InChI is InChI=1S/C22H24ClN7/c1-2-29-11-17-18(28-29)6-5-15(20(17)23)16-9-26-22-21(16)25-10-19(27-22)30-13-3-4-14(30)8-12(24)7-13/h5-6,9-14H,2-4,7-8,24H2,1H3,(H,26,27)/t12?,13-,14+. The van der Waals surface area contributed by atoms with E-state index in [1.165, 1.54) is 12.8 Å². The quantitative estimate of drug-likeness (QED) is 0.519. The van der Waals surface area contributed by atoms with Gasteiger partial charge in [0.25, 0.3) is 0 Å². The Kier molecular flexibility index (Phi) is 4.05. The normalized spacial score (nSPS) is 23.7. The minimum atomic E-state index is 0.307. The van der Waals surface area contributed by atoms with Crippen molar-refractivity contribution >= 4 is 39.5 Å². The van der Waals surface area contributed by atoms with E-state index in [4.69, 9.17) is 27.3 Å². The molecule has 2 bridgehead atoms. The number of benzene rings is 1. The van der Waals surface area contributed by atoms with E-state index in [-0.39, 0.29) is 0 Å². The molecular formula is C22H24ClN7. The third-order valence-corrected chi connectivity index (χ3v) is 7.09. The van der Waals surface area contributed by atoms with Crippen LogP contribution >= 0.6 is 11.6 Å². The summed E-state index contributed by atoms with van der Waals surface area (Å²) in [5.74, 6) is 0.945. The molecule has 8 heteroatoms. The first-order chi connectivity index (χ1) is 14.6. The second-order valence-electron chi connectivity index (χ2n) is 8.50. The van der Waals surface area contributed by atoms with Crippen molar-refractivity contribution < 1.29 is 0 Å². The number of aryl methyl sites for hydroxylation is 1. The summed E-state index contributed by atoms with van der Waals surface area (Å²) in [6.07, 6.45) is 10.3. The van der Waals surface area contributed by atoms with Crippen molar-refractivity contribution in [3.8, 4) is 11.1 Å². The molecule has 0 aliphatic carbocycles. The van der Waals surface area contributed by atoms with Crippen LogP contribution in [-0.2, 0) is 6.54 Å². The van der Waals surface area contributed by atoms with Gasteiger partial charge in [-0.15, -0.1) is 0 Å². The van der Waals surface area contributed by atoms with Crippen LogP contribution in [0, 0.1) is 0 Å². The van der Waals surface area contributed by atoms with E-state index in [0.29, 0.717) is 23.1 Å². The maximum absolute atomic E-state index is 6.78. The fourth-order valence-electron chi connectivity index (χ4n) is 5.29. The van der Waals surface area contributed by atoms with E-state index >= 15 is 0 Å². The van der Waals surface area contributed by atoms with Crippen molar-refractivity contribution in [2.75, 3.05) is 4.90 Å². The van der Waals surface area contributed by atoms with Crippen LogP contribution in [0.25, 0.3) is 33.2 Å². The van der Waals surface area contributed by atoms with Crippen LogP contribution in [0.2, 0.25) is 5.02 Å².